The Morgan fingerprint density at radius 3 is 2.47 bits per heavy atom. The Morgan fingerprint density at radius 2 is 1.82 bits per heavy atom. The average molecular weight is 550 g/mol. The van der Waals surface area contributed by atoms with Gasteiger partial charge in [0.15, 0.2) is 27.8 Å². The lowest BCUT2D eigenvalue weighted by Gasteiger charge is -2.55. The van der Waals surface area contributed by atoms with Gasteiger partial charge in [0, 0.05) is 13.0 Å². The normalized spacial score (nSPS) is 29.6. The lowest BCUT2D eigenvalue weighted by atomic mass is 9.66. The highest BCUT2D eigenvalue weighted by Gasteiger charge is 2.63. The lowest BCUT2D eigenvalue weighted by Crippen LogP contribution is -2.75. The van der Waals surface area contributed by atoms with E-state index in [-0.39, 0.29) is 41.4 Å². The van der Waals surface area contributed by atoms with Gasteiger partial charge in [0.1, 0.15) is 11.1 Å². The summed E-state index contributed by atoms with van der Waals surface area (Å²) in [5.41, 5.74) is -1.77. The highest BCUT2D eigenvalue weighted by Crippen LogP contribution is 2.49. The molecule has 1 unspecified atom stereocenters. The monoisotopic (exact) mass is 549 g/mol. The fraction of sp³-hybridized carbons (Fsp3) is 0.542. The number of morpholine rings is 1. The van der Waals surface area contributed by atoms with Crippen LogP contribution < -0.4 is 15.5 Å². The number of halogens is 2. The standard InChI is InChI=1S/C24H25F2N5O6S/c1-9-7-31-16-11(6-24(17(31)10(2)36-9)20(32)27-22(34)28-21(24)33)5-12(14(25)15(16)26)18-29-30-19(38-18)13-8-35-23(3,4)37-13/h5,9-10,13,17H,6-8H2,1-4H3,(H2,27,28,32,33,34)/t9-,10+,13+,17?/m0/s1. The fourth-order valence-corrected chi connectivity index (χ4v) is 6.84. The van der Waals surface area contributed by atoms with Gasteiger partial charge in [-0.3, -0.25) is 20.2 Å². The zero-order valence-electron chi connectivity index (χ0n) is 21.0. The molecule has 1 aromatic heterocycles. The molecule has 14 heteroatoms. The van der Waals surface area contributed by atoms with Crippen LogP contribution in [0.3, 0.4) is 0 Å². The first-order valence-corrected chi connectivity index (χ1v) is 13.0. The minimum Gasteiger partial charge on any atom is -0.372 e. The molecule has 5 heterocycles. The van der Waals surface area contributed by atoms with E-state index in [1.54, 1.807) is 27.7 Å². The predicted molar refractivity (Wildman–Crippen MR) is 128 cm³/mol. The van der Waals surface area contributed by atoms with Gasteiger partial charge in [-0.1, -0.05) is 11.3 Å². The summed E-state index contributed by atoms with van der Waals surface area (Å²) in [6, 6.07) is -0.516. The van der Waals surface area contributed by atoms with Gasteiger partial charge in [-0.2, -0.15) is 0 Å². The molecule has 0 radical (unpaired) electrons. The second-order valence-corrected chi connectivity index (χ2v) is 11.5. The number of imide groups is 2. The maximum atomic E-state index is 15.9. The van der Waals surface area contributed by atoms with E-state index >= 15 is 8.78 Å². The van der Waals surface area contributed by atoms with E-state index in [4.69, 9.17) is 14.2 Å². The SMILES string of the molecule is C[C@H]1CN2c3c(cc(-c4nnc([C@H]5COC(C)(C)O5)s4)c(F)c3F)CC3(C(=O)NC(=O)NC3=O)C2[C@@H](C)O1. The largest absolute Gasteiger partial charge is 0.372 e. The number of anilines is 1. The summed E-state index contributed by atoms with van der Waals surface area (Å²) in [5.74, 6) is -4.68. The van der Waals surface area contributed by atoms with E-state index in [1.165, 1.54) is 11.0 Å². The second-order valence-electron chi connectivity index (χ2n) is 10.5. The van der Waals surface area contributed by atoms with Gasteiger partial charge in [-0.25, -0.2) is 13.6 Å². The van der Waals surface area contributed by atoms with Crippen LogP contribution in [0.25, 0.3) is 10.6 Å². The maximum absolute atomic E-state index is 15.9. The molecule has 4 atom stereocenters. The van der Waals surface area contributed by atoms with Crippen molar-refractivity contribution in [3.05, 3.63) is 28.3 Å². The first-order chi connectivity index (χ1) is 17.9. The van der Waals surface area contributed by atoms with E-state index in [0.717, 1.165) is 11.3 Å². The van der Waals surface area contributed by atoms with Gasteiger partial charge in [0.25, 0.3) is 0 Å². The van der Waals surface area contributed by atoms with Crippen LogP contribution in [0.4, 0.5) is 19.3 Å². The Kier molecular flexibility index (Phi) is 5.62. The van der Waals surface area contributed by atoms with Crippen LogP contribution >= 0.6 is 11.3 Å². The number of fused-ring (bicyclic) bond motifs is 4. The summed E-state index contributed by atoms with van der Waals surface area (Å²) in [5, 5.41) is 13.1. The van der Waals surface area contributed by atoms with E-state index in [9.17, 15) is 14.4 Å². The summed E-state index contributed by atoms with van der Waals surface area (Å²) in [6.45, 7) is 7.29. The Morgan fingerprint density at radius 1 is 1.11 bits per heavy atom. The number of carbonyl (C=O) groups excluding carboxylic acids is 3. The van der Waals surface area contributed by atoms with Gasteiger partial charge in [0.2, 0.25) is 11.8 Å². The number of rotatable bonds is 2. The molecule has 202 valence electrons. The first-order valence-electron chi connectivity index (χ1n) is 12.2. The smallest absolute Gasteiger partial charge is 0.328 e. The van der Waals surface area contributed by atoms with Crippen molar-refractivity contribution in [1.29, 1.82) is 0 Å². The number of hydrogen-bond acceptors (Lipinski definition) is 10. The van der Waals surface area contributed by atoms with Crippen molar-refractivity contribution in [3.63, 3.8) is 0 Å². The van der Waals surface area contributed by atoms with Crippen LogP contribution in [0.1, 0.15) is 44.4 Å². The molecule has 0 saturated carbocycles. The van der Waals surface area contributed by atoms with E-state index in [2.05, 4.69) is 20.8 Å². The molecular weight excluding hydrogens is 524 g/mol. The number of benzene rings is 1. The third-order valence-corrected chi connectivity index (χ3v) is 8.47. The molecule has 4 aliphatic heterocycles. The molecule has 1 aromatic carbocycles. The van der Waals surface area contributed by atoms with Crippen molar-refractivity contribution in [2.75, 3.05) is 18.1 Å². The molecule has 6 rings (SSSR count). The van der Waals surface area contributed by atoms with Gasteiger partial charge < -0.3 is 19.1 Å². The summed E-state index contributed by atoms with van der Waals surface area (Å²) in [7, 11) is 0. The Hall–Kier alpha value is -3.07. The molecule has 0 bridgehead atoms. The number of nitrogens with zero attached hydrogens (tertiary/aromatic N) is 3. The molecule has 3 saturated heterocycles. The van der Waals surface area contributed by atoms with Crippen molar-refractivity contribution >= 4 is 34.9 Å². The third kappa shape index (κ3) is 3.65. The number of hydrogen-bond donors (Lipinski definition) is 2. The van der Waals surface area contributed by atoms with Gasteiger partial charge in [-0.15, -0.1) is 10.2 Å². The van der Waals surface area contributed by atoms with Crippen LogP contribution in [0.5, 0.6) is 0 Å². The van der Waals surface area contributed by atoms with Crippen LogP contribution in [0.15, 0.2) is 6.07 Å². The molecule has 2 N–H and O–H groups in total. The van der Waals surface area contributed by atoms with Crippen LogP contribution in [-0.4, -0.2) is 65.2 Å². The fourth-order valence-electron chi connectivity index (χ4n) is 5.97. The molecule has 11 nitrogen and oxygen atoms in total. The third-order valence-electron chi connectivity index (χ3n) is 7.42. The summed E-state index contributed by atoms with van der Waals surface area (Å²) >= 11 is 1.04. The highest BCUT2D eigenvalue weighted by atomic mass is 32.1. The lowest BCUT2D eigenvalue weighted by molar-refractivity contribution is -0.153. The number of aromatic nitrogens is 2. The second kappa shape index (κ2) is 8.46. The Bertz CT molecular complexity index is 1360. The topological polar surface area (TPSA) is 132 Å². The van der Waals surface area contributed by atoms with Crippen molar-refractivity contribution in [1.82, 2.24) is 20.8 Å². The van der Waals surface area contributed by atoms with Crippen LogP contribution in [0.2, 0.25) is 0 Å². The summed E-state index contributed by atoms with van der Waals surface area (Å²) in [4.78, 5) is 40.0. The van der Waals surface area contributed by atoms with E-state index in [0.29, 0.717) is 5.01 Å². The Labute approximate surface area is 219 Å². The number of nitrogens with one attached hydrogen (secondary N) is 2. The van der Waals surface area contributed by atoms with Crippen molar-refractivity contribution in [2.45, 2.75) is 64.3 Å². The molecule has 2 aromatic rings. The average Bonchev–Trinajstić information content (AvgIpc) is 3.45. The van der Waals surface area contributed by atoms with Crippen molar-refractivity contribution < 1.29 is 37.4 Å². The quantitative estimate of drug-likeness (QED) is 0.541. The highest BCUT2D eigenvalue weighted by molar-refractivity contribution is 7.14. The zero-order valence-corrected chi connectivity index (χ0v) is 21.8. The number of amides is 4. The van der Waals surface area contributed by atoms with Gasteiger partial charge in [-0.05, 0) is 39.3 Å². The van der Waals surface area contributed by atoms with Crippen molar-refractivity contribution in [3.8, 4) is 10.6 Å². The molecule has 1 spiro atoms. The molecule has 3 fully saturated rings. The molecule has 4 aliphatic rings. The number of carbonyl (C=O) groups is 3. The predicted octanol–water partition coefficient (Wildman–Crippen LogP) is 2.20. The zero-order chi connectivity index (χ0) is 27.1. The summed E-state index contributed by atoms with van der Waals surface area (Å²) in [6.07, 6.45) is -1.89. The van der Waals surface area contributed by atoms with Crippen LogP contribution in [0, 0.1) is 17.0 Å². The van der Waals surface area contributed by atoms with E-state index < -0.39 is 65.0 Å². The molecule has 38 heavy (non-hydrogen) atoms. The molecule has 0 aliphatic carbocycles. The maximum Gasteiger partial charge on any atom is 0.328 e. The van der Waals surface area contributed by atoms with Crippen molar-refractivity contribution in [2.24, 2.45) is 5.41 Å². The number of ether oxygens (including phenoxy) is 3. The van der Waals surface area contributed by atoms with E-state index in [1.807, 2.05) is 0 Å². The summed E-state index contributed by atoms with van der Waals surface area (Å²) < 4.78 is 48.8. The minimum atomic E-state index is -1.81. The number of barbiturate groups is 1. The molecule has 4 amide bonds. The van der Waals surface area contributed by atoms with Gasteiger partial charge in [0.05, 0.1) is 36.1 Å². The van der Waals surface area contributed by atoms with Gasteiger partial charge >= 0.3 is 6.03 Å². The van der Waals surface area contributed by atoms with Crippen LogP contribution in [-0.2, 0) is 30.2 Å². The Balaban J connectivity index is 1.47. The molecular formula is C24H25F2N5O6S. The first kappa shape index (κ1) is 25.2. The minimum absolute atomic E-state index is 0.0413. The number of urea groups is 1.